The highest BCUT2D eigenvalue weighted by molar-refractivity contribution is 5.89. The van der Waals surface area contributed by atoms with Crippen LogP contribution in [0, 0.1) is 24.7 Å². The van der Waals surface area contributed by atoms with Crippen LogP contribution in [0.4, 0.5) is 0 Å². The quantitative estimate of drug-likeness (QED) is 0.783. The van der Waals surface area contributed by atoms with E-state index in [1.54, 1.807) is 0 Å². The van der Waals surface area contributed by atoms with Gasteiger partial charge in [-0.25, -0.2) is 4.79 Å². The van der Waals surface area contributed by atoms with Crippen molar-refractivity contribution < 1.29 is 24.1 Å². The summed E-state index contributed by atoms with van der Waals surface area (Å²) in [4.78, 5) is 11.0. The summed E-state index contributed by atoms with van der Waals surface area (Å²) in [6, 6.07) is 2.62. The molecule has 1 aromatic rings. The molecule has 0 aromatic heterocycles. The third kappa shape index (κ3) is 3.58. The van der Waals surface area contributed by atoms with Gasteiger partial charge in [0.1, 0.15) is 13.2 Å². The molecule has 0 saturated heterocycles. The standard InChI is InChI=1S/C14H12O5/c1-4-6-18-12-9-10(14(15)16)8-11(17-3)13(12)19-7-5-2/h1-2,8-9H,6-7H2,3H3,(H,15,16). The first-order chi connectivity index (χ1) is 9.13. The minimum absolute atomic E-state index is 0.00284. The Morgan fingerprint density at radius 3 is 2.32 bits per heavy atom. The highest BCUT2D eigenvalue weighted by Gasteiger charge is 2.17. The molecule has 0 atom stereocenters. The van der Waals surface area contributed by atoms with Gasteiger partial charge in [0.05, 0.1) is 12.7 Å². The van der Waals surface area contributed by atoms with Crippen LogP contribution in [0.25, 0.3) is 0 Å². The van der Waals surface area contributed by atoms with Gasteiger partial charge in [-0.1, -0.05) is 11.8 Å². The van der Waals surface area contributed by atoms with E-state index in [-0.39, 0.29) is 36.0 Å². The minimum Gasteiger partial charge on any atom is -0.493 e. The molecular weight excluding hydrogens is 248 g/mol. The first-order valence-electron chi connectivity index (χ1n) is 5.21. The molecule has 1 aromatic carbocycles. The van der Waals surface area contributed by atoms with E-state index in [9.17, 15) is 4.79 Å². The molecular formula is C14H12O5. The van der Waals surface area contributed by atoms with Crippen molar-refractivity contribution >= 4 is 5.97 Å². The fraction of sp³-hybridized carbons (Fsp3) is 0.214. The lowest BCUT2D eigenvalue weighted by Gasteiger charge is -2.14. The first kappa shape index (κ1) is 14.3. The van der Waals surface area contributed by atoms with E-state index in [0.717, 1.165) is 0 Å². The number of hydrogen-bond donors (Lipinski definition) is 1. The van der Waals surface area contributed by atoms with Gasteiger partial charge in [-0.3, -0.25) is 0 Å². The van der Waals surface area contributed by atoms with Crippen molar-refractivity contribution in [1.82, 2.24) is 0 Å². The van der Waals surface area contributed by atoms with E-state index >= 15 is 0 Å². The van der Waals surface area contributed by atoms with Crippen molar-refractivity contribution in [2.45, 2.75) is 0 Å². The zero-order valence-electron chi connectivity index (χ0n) is 10.3. The topological polar surface area (TPSA) is 65.0 Å². The summed E-state index contributed by atoms with van der Waals surface area (Å²) >= 11 is 0. The zero-order valence-corrected chi connectivity index (χ0v) is 10.3. The zero-order chi connectivity index (χ0) is 14.3. The van der Waals surface area contributed by atoms with Crippen LogP contribution in [0.2, 0.25) is 0 Å². The summed E-state index contributed by atoms with van der Waals surface area (Å²) < 4.78 is 15.6. The van der Waals surface area contributed by atoms with Gasteiger partial charge in [-0.2, -0.15) is 0 Å². The smallest absolute Gasteiger partial charge is 0.335 e. The van der Waals surface area contributed by atoms with Gasteiger partial charge in [-0.05, 0) is 12.1 Å². The number of benzene rings is 1. The molecule has 0 aliphatic carbocycles. The molecule has 0 aliphatic heterocycles. The highest BCUT2D eigenvalue weighted by Crippen LogP contribution is 2.38. The van der Waals surface area contributed by atoms with E-state index in [4.69, 9.17) is 32.2 Å². The van der Waals surface area contributed by atoms with E-state index in [1.807, 2.05) is 0 Å². The fourth-order valence-electron chi connectivity index (χ4n) is 1.33. The summed E-state index contributed by atoms with van der Waals surface area (Å²) in [5.41, 5.74) is -0.00284. The molecule has 19 heavy (non-hydrogen) atoms. The highest BCUT2D eigenvalue weighted by atomic mass is 16.5. The summed E-state index contributed by atoms with van der Waals surface area (Å²) in [5.74, 6) is 4.06. The number of hydrogen-bond acceptors (Lipinski definition) is 4. The van der Waals surface area contributed by atoms with Crippen LogP contribution in [-0.2, 0) is 0 Å². The van der Waals surface area contributed by atoms with E-state index in [0.29, 0.717) is 0 Å². The predicted octanol–water partition coefficient (Wildman–Crippen LogP) is 1.42. The summed E-state index contributed by atoms with van der Waals surface area (Å²) in [6.07, 6.45) is 10.2. The average molecular weight is 260 g/mol. The number of terminal acetylenes is 2. The molecule has 5 heteroatoms. The van der Waals surface area contributed by atoms with Crippen molar-refractivity contribution in [3.05, 3.63) is 17.7 Å². The number of carboxylic acids is 1. The van der Waals surface area contributed by atoms with Crippen molar-refractivity contribution in [3.8, 4) is 41.9 Å². The number of carboxylic acid groups (broad SMARTS) is 1. The van der Waals surface area contributed by atoms with E-state index in [1.165, 1.54) is 19.2 Å². The Labute approximate surface area is 111 Å². The van der Waals surface area contributed by atoms with Gasteiger partial charge in [0.2, 0.25) is 5.75 Å². The third-order valence-electron chi connectivity index (χ3n) is 2.10. The maximum atomic E-state index is 11.0. The molecule has 0 spiro atoms. The average Bonchev–Trinajstić information content (AvgIpc) is 2.42. The van der Waals surface area contributed by atoms with Crippen molar-refractivity contribution in [3.63, 3.8) is 0 Å². The molecule has 0 radical (unpaired) electrons. The Bertz CT molecular complexity index is 548. The molecule has 5 nitrogen and oxygen atoms in total. The third-order valence-corrected chi connectivity index (χ3v) is 2.10. The summed E-state index contributed by atoms with van der Waals surface area (Å²) in [6.45, 7) is -0.0339. The predicted molar refractivity (Wildman–Crippen MR) is 68.6 cm³/mol. The molecule has 98 valence electrons. The van der Waals surface area contributed by atoms with Crippen LogP contribution in [0.15, 0.2) is 12.1 Å². The molecule has 0 fully saturated rings. The van der Waals surface area contributed by atoms with Gasteiger partial charge < -0.3 is 19.3 Å². The summed E-state index contributed by atoms with van der Waals surface area (Å²) in [5, 5.41) is 9.00. The lowest BCUT2D eigenvalue weighted by atomic mass is 10.2. The lowest BCUT2D eigenvalue weighted by Crippen LogP contribution is -2.05. The van der Waals surface area contributed by atoms with E-state index in [2.05, 4.69) is 11.8 Å². The number of carbonyl (C=O) groups is 1. The Morgan fingerprint density at radius 2 is 1.79 bits per heavy atom. The van der Waals surface area contributed by atoms with Crippen LogP contribution in [0.1, 0.15) is 10.4 Å². The SMILES string of the molecule is C#CCOc1cc(C(=O)O)cc(OC)c1OCC#C. The second-order valence-electron chi connectivity index (χ2n) is 3.30. The second kappa shape index (κ2) is 6.83. The molecule has 1 N–H and O–H groups in total. The summed E-state index contributed by atoms with van der Waals surface area (Å²) in [7, 11) is 1.38. The van der Waals surface area contributed by atoms with Crippen molar-refractivity contribution in [2.75, 3.05) is 20.3 Å². The number of ether oxygens (including phenoxy) is 3. The molecule has 0 amide bonds. The van der Waals surface area contributed by atoms with Crippen molar-refractivity contribution in [2.24, 2.45) is 0 Å². The van der Waals surface area contributed by atoms with Crippen LogP contribution in [-0.4, -0.2) is 31.4 Å². The molecule has 0 bridgehead atoms. The monoisotopic (exact) mass is 260 g/mol. The Morgan fingerprint density at radius 1 is 1.21 bits per heavy atom. The Balaban J connectivity index is 3.27. The molecule has 0 saturated carbocycles. The van der Waals surface area contributed by atoms with Gasteiger partial charge in [-0.15, -0.1) is 12.8 Å². The van der Waals surface area contributed by atoms with E-state index < -0.39 is 5.97 Å². The van der Waals surface area contributed by atoms with Gasteiger partial charge in [0.15, 0.2) is 11.5 Å². The lowest BCUT2D eigenvalue weighted by molar-refractivity contribution is 0.0696. The van der Waals surface area contributed by atoms with Crippen molar-refractivity contribution in [1.29, 1.82) is 0 Å². The first-order valence-corrected chi connectivity index (χ1v) is 5.21. The Hall–Kier alpha value is -2.79. The van der Waals surface area contributed by atoms with Crippen LogP contribution in [0.5, 0.6) is 17.2 Å². The van der Waals surface area contributed by atoms with Gasteiger partial charge >= 0.3 is 5.97 Å². The second-order valence-corrected chi connectivity index (χ2v) is 3.30. The molecule has 1 rings (SSSR count). The fourth-order valence-corrected chi connectivity index (χ4v) is 1.33. The maximum absolute atomic E-state index is 11.0. The molecule has 0 heterocycles. The van der Waals surface area contributed by atoms with Crippen LogP contribution < -0.4 is 14.2 Å². The molecule has 0 unspecified atom stereocenters. The molecule has 0 aliphatic rings. The number of methoxy groups -OCH3 is 1. The maximum Gasteiger partial charge on any atom is 0.335 e. The van der Waals surface area contributed by atoms with Gasteiger partial charge in [0, 0.05) is 0 Å². The van der Waals surface area contributed by atoms with Crippen LogP contribution >= 0.6 is 0 Å². The minimum atomic E-state index is -1.12. The largest absolute Gasteiger partial charge is 0.493 e. The normalized spacial score (nSPS) is 9.00. The van der Waals surface area contributed by atoms with Gasteiger partial charge in [0.25, 0.3) is 0 Å². The van der Waals surface area contributed by atoms with Crippen LogP contribution in [0.3, 0.4) is 0 Å². The number of rotatable bonds is 6. The Kier molecular flexibility index (Phi) is 5.13. The number of aromatic carboxylic acids is 1.